The van der Waals surface area contributed by atoms with Gasteiger partial charge >= 0.3 is 0 Å². The normalized spacial score (nSPS) is 10.6. The maximum atomic E-state index is 12.9. The number of anilines is 2. The van der Waals surface area contributed by atoms with Crippen molar-refractivity contribution >= 4 is 62.4 Å². The fourth-order valence-electron chi connectivity index (χ4n) is 3.01. The highest BCUT2D eigenvalue weighted by atomic mass is 127. The lowest BCUT2D eigenvalue weighted by Crippen LogP contribution is -2.17. The predicted molar refractivity (Wildman–Crippen MR) is 124 cm³/mol. The van der Waals surface area contributed by atoms with Gasteiger partial charge in [0.25, 0.3) is 17.5 Å². The number of nitro groups is 1. The van der Waals surface area contributed by atoms with Crippen molar-refractivity contribution in [2.75, 3.05) is 10.6 Å². The maximum absolute atomic E-state index is 12.9. The number of nitro benzene ring substituents is 1. The van der Waals surface area contributed by atoms with Crippen LogP contribution in [-0.2, 0) is 0 Å². The quantitative estimate of drug-likeness (QED) is 0.204. The van der Waals surface area contributed by atoms with E-state index < -0.39 is 10.8 Å². The molecule has 3 aromatic carbocycles. The first-order valence-electron chi connectivity index (χ1n) is 9.07. The number of hydrogen-bond donors (Lipinski definition) is 2. The highest BCUT2D eigenvalue weighted by molar-refractivity contribution is 14.1. The zero-order valence-electron chi connectivity index (χ0n) is 15.8. The van der Waals surface area contributed by atoms with Gasteiger partial charge < -0.3 is 15.1 Å². The molecule has 1 aromatic heterocycles. The smallest absolute Gasteiger partial charge is 0.293 e. The number of carbonyl (C=O) groups is 2. The van der Waals surface area contributed by atoms with Crippen LogP contribution in [-0.4, -0.2) is 16.7 Å². The first kappa shape index (κ1) is 20.5. The molecule has 4 rings (SSSR count). The van der Waals surface area contributed by atoms with Crippen LogP contribution in [0.3, 0.4) is 0 Å². The summed E-state index contributed by atoms with van der Waals surface area (Å²) in [6.45, 7) is 0. The molecular formula is C22H14IN3O5. The Kier molecular flexibility index (Phi) is 5.67. The summed E-state index contributed by atoms with van der Waals surface area (Å²) >= 11 is 2.07. The van der Waals surface area contributed by atoms with E-state index in [9.17, 15) is 19.7 Å². The molecule has 0 fully saturated rings. The Bertz CT molecular complexity index is 1310. The lowest BCUT2D eigenvalue weighted by atomic mass is 10.1. The minimum absolute atomic E-state index is 0.0705. The van der Waals surface area contributed by atoms with Crippen molar-refractivity contribution in [2.24, 2.45) is 0 Å². The van der Waals surface area contributed by atoms with E-state index in [1.165, 1.54) is 24.3 Å². The van der Waals surface area contributed by atoms with Gasteiger partial charge in [0.15, 0.2) is 0 Å². The van der Waals surface area contributed by atoms with Crippen LogP contribution in [0.1, 0.15) is 20.9 Å². The van der Waals surface area contributed by atoms with Crippen LogP contribution in [0.5, 0.6) is 0 Å². The van der Waals surface area contributed by atoms with Crippen LogP contribution in [0.4, 0.5) is 17.1 Å². The van der Waals surface area contributed by atoms with Crippen LogP contribution in [0.25, 0.3) is 11.0 Å². The number of para-hydroxylation sites is 1. The average Bonchev–Trinajstić information content (AvgIpc) is 3.13. The molecule has 0 aliphatic carbocycles. The lowest BCUT2D eigenvalue weighted by Gasteiger charge is -2.08. The van der Waals surface area contributed by atoms with Gasteiger partial charge in [-0.1, -0.05) is 24.3 Å². The molecule has 0 radical (unpaired) electrons. The standard InChI is InChI=1S/C22H14IN3O5/c23-17-7-3-1-5-15(17)21(27)25-19-16-6-2-4-8-18(16)31-20(19)22(28)24-13-9-11-14(12-10-13)26(29)30/h1-12H,(H,24,28)(H,25,27). The van der Waals surface area contributed by atoms with Crippen molar-refractivity contribution in [2.45, 2.75) is 0 Å². The molecule has 0 unspecified atom stereocenters. The van der Waals surface area contributed by atoms with Crippen LogP contribution < -0.4 is 10.6 Å². The van der Waals surface area contributed by atoms with Gasteiger partial charge in [0, 0.05) is 26.8 Å². The first-order valence-corrected chi connectivity index (χ1v) is 10.1. The summed E-state index contributed by atoms with van der Waals surface area (Å²) in [7, 11) is 0. The second-order valence-corrected chi connectivity index (χ2v) is 7.66. The van der Waals surface area contributed by atoms with Gasteiger partial charge in [-0.15, -0.1) is 0 Å². The van der Waals surface area contributed by atoms with Crippen LogP contribution in [0, 0.1) is 13.7 Å². The van der Waals surface area contributed by atoms with Crippen molar-refractivity contribution in [1.29, 1.82) is 0 Å². The molecule has 8 nitrogen and oxygen atoms in total. The molecule has 1 heterocycles. The van der Waals surface area contributed by atoms with Gasteiger partial charge in [-0.2, -0.15) is 0 Å². The Morgan fingerprint density at radius 2 is 1.55 bits per heavy atom. The zero-order valence-corrected chi connectivity index (χ0v) is 18.0. The highest BCUT2D eigenvalue weighted by Gasteiger charge is 2.23. The number of halogens is 1. The van der Waals surface area contributed by atoms with Gasteiger partial charge in [-0.3, -0.25) is 19.7 Å². The van der Waals surface area contributed by atoms with E-state index in [4.69, 9.17) is 4.42 Å². The largest absolute Gasteiger partial charge is 0.449 e. The number of furan rings is 1. The van der Waals surface area contributed by atoms with Crippen molar-refractivity contribution in [3.63, 3.8) is 0 Å². The molecule has 0 spiro atoms. The molecule has 0 saturated heterocycles. The number of nitrogens with one attached hydrogen (secondary N) is 2. The molecule has 2 N–H and O–H groups in total. The van der Waals surface area contributed by atoms with Crippen LogP contribution in [0.2, 0.25) is 0 Å². The molecular weight excluding hydrogens is 513 g/mol. The molecule has 154 valence electrons. The Morgan fingerprint density at radius 3 is 2.26 bits per heavy atom. The van der Waals surface area contributed by atoms with Crippen molar-refractivity contribution < 1.29 is 18.9 Å². The van der Waals surface area contributed by atoms with E-state index in [1.54, 1.807) is 36.4 Å². The molecule has 0 aliphatic heterocycles. The fraction of sp³-hybridized carbons (Fsp3) is 0. The third-order valence-corrected chi connectivity index (χ3v) is 5.44. The topological polar surface area (TPSA) is 114 Å². The van der Waals surface area contributed by atoms with E-state index in [2.05, 4.69) is 33.2 Å². The summed E-state index contributed by atoms with van der Waals surface area (Å²) in [4.78, 5) is 36.1. The zero-order chi connectivity index (χ0) is 22.0. The van der Waals surface area contributed by atoms with Gasteiger partial charge in [-0.05, 0) is 59.0 Å². The second-order valence-electron chi connectivity index (χ2n) is 6.49. The van der Waals surface area contributed by atoms with E-state index in [1.807, 2.05) is 12.1 Å². The van der Waals surface area contributed by atoms with Gasteiger partial charge in [0.2, 0.25) is 5.76 Å². The highest BCUT2D eigenvalue weighted by Crippen LogP contribution is 2.32. The van der Waals surface area contributed by atoms with Crippen LogP contribution in [0.15, 0.2) is 77.2 Å². The fourth-order valence-corrected chi connectivity index (χ4v) is 3.64. The third-order valence-electron chi connectivity index (χ3n) is 4.49. The lowest BCUT2D eigenvalue weighted by molar-refractivity contribution is -0.384. The van der Waals surface area contributed by atoms with Gasteiger partial charge in [0.05, 0.1) is 10.5 Å². The Hall–Kier alpha value is -3.73. The number of hydrogen-bond acceptors (Lipinski definition) is 5. The third kappa shape index (κ3) is 4.26. The molecule has 2 amide bonds. The number of benzene rings is 3. The Labute approximate surface area is 189 Å². The minimum atomic E-state index is -0.594. The monoisotopic (exact) mass is 527 g/mol. The Morgan fingerprint density at radius 1 is 0.871 bits per heavy atom. The molecule has 0 atom stereocenters. The molecule has 31 heavy (non-hydrogen) atoms. The van der Waals surface area contributed by atoms with E-state index in [0.717, 1.165) is 3.57 Å². The minimum Gasteiger partial charge on any atom is -0.449 e. The summed E-state index contributed by atoms with van der Waals surface area (Å²) in [5.74, 6) is -1.04. The predicted octanol–water partition coefficient (Wildman–Crippen LogP) is 5.45. The van der Waals surface area contributed by atoms with Gasteiger partial charge in [0.1, 0.15) is 11.3 Å². The number of fused-ring (bicyclic) bond motifs is 1. The van der Waals surface area contributed by atoms with E-state index in [-0.39, 0.29) is 23.0 Å². The summed E-state index contributed by atoms with van der Waals surface area (Å²) in [6, 6.07) is 19.5. The first-order chi connectivity index (χ1) is 14.9. The number of non-ortho nitro benzene ring substituents is 1. The second kappa shape index (κ2) is 8.56. The number of carbonyl (C=O) groups excluding carboxylic acids is 2. The Balaban J connectivity index is 1.67. The summed E-state index contributed by atoms with van der Waals surface area (Å²) in [5.41, 5.74) is 1.42. The van der Waals surface area contributed by atoms with Crippen molar-refractivity contribution in [3.05, 3.63) is 97.8 Å². The number of amides is 2. The van der Waals surface area contributed by atoms with Crippen molar-refractivity contribution in [3.8, 4) is 0 Å². The number of rotatable bonds is 5. The molecule has 0 saturated carbocycles. The van der Waals surface area contributed by atoms with E-state index in [0.29, 0.717) is 22.2 Å². The molecule has 9 heteroatoms. The van der Waals surface area contributed by atoms with E-state index >= 15 is 0 Å². The summed E-state index contributed by atoms with van der Waals surface area (Å²) in [5, 5.41) is 16.8. The SMILES string of the molecule is O=C(Nc1c(C(=O)Nc2ccc([N+](=O)[O-])cc2)oc2ccccc12)c1ccccc1I. The molecule has 0 bridgehead atoms. The summed E-state index contributed by atoms with van der Waals surface area (Å²) < 4.78 is 6.49. The average molecular weight is 527 g/mol. The number of nitrogens with zero attached hydrogens (tertiary/aromatic N) is 1. The van der Waals surface area contributed by atoms with Crippen LogP contribution >= 0.6 is 22.6 Å². The van der Waals surface area contributed by atoms with Crippen molar-refractivity contribution in [1.82, 2.24) is 0 Å². The summed E-state index contributed by atoms with van der Waals surface area (Å²) in [6.07, 6.45) is 0. The molecule has 0 aliphatic rings. The molecule has 4 aromatic rings. The maximum Gasteiger partial charge on any atom is 0.293 e. The van der Waals surface area contributed by atoms with Gasteiger partial charge in [-0.25, -0.2) is 0 Å².